The molecule has 0 aliphatic heterocycles. The molecule has 0 saturated heterocycles. The molecule has 190 valence electrons. The van der Waals surface area contributed by atoms with Crippen molar-refractivity contribution >= 4 is 16.9 Å². The largest absolute Gasteiger partial charge is 0.493 e. The molecule has 1 aromatic heterocycles. The van der Waals surface area contributed by atoms with E-state index in [4.69, 9.17) is 13.9 Å². The van der Waals surface area contributed by atoms with Gasteiger partial charge in [0.15, 0.2) is 0 Å². The van der Waals surface area contributed by atoms with Gasteiger partial charge in [-0.2, -0.15) is 0 Å². The number of hydrogen-bond donors (Lipinski definition) is 1. The second kappa shape index (κ2) is 9.12. The number of hydrogen-bond acceptors (Lipinski definition) is 6. The highest BCUT2D eigenvalue weighted by Gasteiger charge is 2.61. The molecule has 6 nitrogen and oxygen atoms in total. The Hall–Kier alpha value is -2.60. The molecule has 0 unspecified atom stereocenters. The third kappa shape index (κ3) is 4.65. The van der Waals surface area contributed by atoms with E-state index in [9.17, 15) is 14.7 Å². The molecule has 6 heteroatoms. The summed E-state index contributed by atoms with van der Waals surface area (Å²) in [7, 11) is 0. The Kier molecular flexibility index (Phi) is 6.64. The molecule has 35 heavy (non-hydrogen) atoms. The molecule has 0 radical (unpaired) electrons. The van der Waals surface area contributed by atoms with Crippen molar-refractivity contribution in [3.8, 4) is 5.75 Å². The third-order valence-electron chi connectivity index (χ3n) is 8.97. The van der Waals surface area contributed by atoms with Crippen molar-refractivity contribution in [1.82, 2.24) is 0 Å². The number of fused-ring (bicyclic) bond motifs is 2. The first-order valence-corrected chi connectivity index (χ1v) is 12.6. The molecule has 0 bridgehead atoms. The monoisotopic (exact) mass is 482 g/mol. The van der Waals surface area contributed by atoms with Crippen LogP contribution in [0, 0.1) is 22.7 Å². The van der Waals surface area contributed by atoms with Gasteiger partial charge in [0.2, 0.25) is 0 Å². The van der Waals surface area contributed by atoms with Gasteiger partial charge in [0.1, 0.15) is 17.4 Å². The summed E-state index contributed by atoms with van der Waals surface area (Å²) < 4.78 is 17.5. The number of esters is 1. The van der Waals surface area contributed by atoms with Crippen LogP contribution in [-0.2, 0) is 9.53 Å². The minimum Gasteiger partial charge on any atom is -0.493 e. The summed E-state index contributed by atoms with van der Waals surface area (Å²) in [5.74, 6) is 0.508. The zero-order chi connectivity index (χ0) is 25.6. The standard InChI is InChI=1S/C29H38O6/c1-7-18(2)26(31)35-24-13-14-28(5)22(27(24,3)4)12-15-29(6,32)23(28)17-33-20-10-8-19-9-11-25(30)34-21(19)16-20/h7-11,16,22-24,32H,12-15,17H2,1-6H3/b18-7-/t22-,23+,24-,28-,29-/m0/s1. The summed E-state index contributed by atoms with van der Waals surface area (Å²) in [6.07, 6.45) is 4.72. The van der Waals surface area contributed by atoms with Crippen molar-refractivity contribution < 1.29 is 23.8 Å². The quantitative estimate of drug-likeness (QED) is 0.337. The second-order valence-corrected chi connectivity index (χ2v) is 11.5. The predicted molar refractivity (Wildman–Crippen MR) is 135 cm³/mol. The molecule has 0 amide bonds. The van der Waals surface area contributed by atoms with Crippen LogP contribution >= 0.6 is 0 Å². The number of rotatable bonds is 5. The minimum atomic E-state index is -0.879. The van der Waals surface area contributed by atoms with Crippen LogP contribution in [0.5, 0.6) is 5.75 Å². The molecule has 5 atom stereocenters. The molecule has 2 aliphatic rings. The number of allylic oxidation sites excluding steroid dienone is 1. The summed E-state index contributed by atoms with van der Waals surface area (Å²) in [6.45, 7) is 12.5. The van der Waals surface area contributed by atoms with E-state index in [0.29, 0.717) is 29.9 Å². The summed E-state index contributed by atoms with van der Waals surface area (Å²) >= 11 is 0. The Labute approximate surface area is 207 Å². The number of aliphatic hydroxyl groups is 1. The zero-order valence-electron chi connectivity index (χ0n) is 21.7. The van der Waals surface area contributed by atoms with E-state index in [-0.39, 0.29) is 34.7 Å². The van der Waals surface area contributed by atoms with E-state index >= 15 is 0 Å². The van der Waals surface area contributed by atoms with Crippen molar-refractivity contribution in [2.45, 2.75) is 78.9 Å². The molecule has 1 heterocycles. The van der Waals surface area contributed by atoms with E-state index < -0.39 is 11.2 Å². The van der Waals surface area contributed by atoms with Crippen molar-refractivity contribution in [2.75, 3.05) is 6.61 Å². The normalized spacial score (nSPS) is 32.7. The second-order valence-electron chi connectivity index (χ2n) is 11.5. The van der Waals surface area contributed by atoms with Gasteiger partial charge in [0.05, 0.1) is 12.2 Å². The van der Waals surface area contributed by atoms with Crippen LogP contribution in [0.15, 0.2) is 51.2 Å². The fourth-order valence-electron chi connectivity index (χ4n) is 6.73. The zero-order valence-corrected chi connectivity index (χ0v) is 21.7. The van der Waals surface area contributed by atoms with Crippen LogP contribution in [0.1, 0.15) is 67.2 Å². The van der Waals surface area contributed by atoms with E-state index in [1.807, 2.05) is 26.0 Å². The van der Waals surface area contributed by atoms with E-state index in [1.54, 1.807) is 25.1 Å². The first kappa shape index (κ1) is 25.5. The molecule has 0 spiro atoms. The molecule has 2 saturated carbocycles. The SMILES string of the molecule is C/C=C(/C)C(=O)O[C@H]1CC[C@]2(C)[C@@H](COc3ccc4ccc(=O)oc4c3)[C@@](C)(O)CC[C@H]2C1(C)C. The Bertz CT molecular complexity index is 1190. The van der Waals surface area contributed by atoms with Gasteiger partial charge in [-0.15, -0.1) is 0 Å². The smallest absolute Gasteiger partial charge is 0.336 e. The van der Waals surface area contributed by atoms with Crippen LogP contribution in [-0.4, -0.2) is 29.4 Å². The van der Waals surface area contributed by atoms with Crippen molar-refractivity contribution in [3.05, 3.63) is 52.4 Å². The molecular formula is C29H38O6. The Morgan fingerprint density at radius 3 is 2.57 bits per heavy atom. The third-order valence-corrected chi connectivity index (χ3v) is 8.97. The minimum absolute atomic E-state index is 0.111. The summed E-state index contributed by atoms with van der Waals surface area (Å²) in [5.41, 5.74) is -0.599. The van der Waals surface area contributed by atoms with Crippen molar-refractivity contribution in [3.63, 3.8) is 0 Å². The number of carbonyl (C=O) groups excluding carboxylic acids is 1. The van der Waals surface area contributed by atoms with Crippen LogP contribution in [0.25, 0.3) is 11.0 Å². The lowest BCUT2D eigenvalue weighted by Crippen LogP contribution is -2.62. The van der Waals surface area contributed by atoms with E-state index in [2.05, 4.69) is 20.8 Å². The maximum absolute atomic E-state index is 12.5. The summed E-state index contributed by atoms with van der Waals surface area (Å²) in [5, 5.41) is 12.3. The number of benzene rings is 1. The van der Waals surface area contributed by atoms with Gasteiger partial charge >= 0.3 is 11.6 Å². The maximum atomic E-state index is 12.5. The molecular weight excluding hydrogens is 444 g/mol. The number of carbonyl (C=O) groups is 1. The number of ether oxygens (including phenoxy) is 2. The molecule has 4 rings (SSSR count). The molecule has 1 aromatic carbocycles. The summed E-state index contributed by atoms with van der Waals surface area (Å²) in [6, 6.07) is 8.60. The van der Waals surface area contributed by atoms with Gasteiger partial charge in [-0.05, 0) is 76.0 Å². The molecule has 2 fully saturated rings. The lowest BCUT2D eigenvalue weighted by atomic mass is 9.45. The van der Waals surface area contributed by atoms with Gasteiger partial charge in [-0.25, -0.2) is 9.59 Å². The first-order valence-electron chi connectivity index (χ1n) is 12.6. The Morgan fingerprint density at radius 1 is 1.14 bits per heavy atom. The summed E-state index contributed by atoms with van der Waals surface area (Å²) in [4.78, 5) is 24.2. The van der Waals surface area contributed by atoms with Crippen LogP contribution in [0.4, 0.5) is 0 Å². The highest BCUT2D eigenvalue weighted by atomic mass is 16.5. The topological polar surface area (TPSA) is 86.0 Å². The van der Waals surface area contributed by atoms with E-state index in [0.717, 1.165) is 24.6 Å². The Morgan fingerprint density at radius 2 is 1.86 bits per heavy atom. The van der Waals surface area contributed by atoms with Gasteiger partial charge < -0.3 is 19.0 Å². The van der Waals surface area contributed by atoms with Gasteiger partial charge in [-0.3, -0.25) is 0 Å². The fourth-order valence-corrected chi connectivity index (χ4v) is 6.73. The predicted octanol–water partition coefficient (Wildman–Crippen LogP) is 5.65. The van der Waals surface area contributed by atoms with Gasteiger partial charge in [0.25, 0.3) is 0 Å². The van der Waals surface area contributed by atoms with Crippen LogP contribution < -0.4 is 10.4 Å². The van der Waals surface area contributed by atoms with E-state index in [1.165, 1.54) is 6.07 Å². The lowest BCUT2D eigenvalue weighted by molar-refractivity contribution is -0.210. The molecule has 2 aromatic rings. The lowest BCUT2D eigenvalue weighted by Gasteiger charge is -2.62. The van der Waals surface area contributed by atoms with Crippen molar-refractivity contribution in [2.24, 2.45) is 22.7 Å². The molecule has 1 N–H and O–H groups in total. The maximum Gasteiger partial charge on any atom is 0.336 e. The molecule has 2 aliphatic carbocycles. The highest BCUT2D eigenvalue weighted by molar-refractivity contribution is 5.87. The first-order chi connectivity index (χ1) is 16.4. The average molecular weight is 483 g/mol. The Balaban J connectivity index is 1.57. The van der Waals surface area contributed by atoms with Crippen LogP contribution in [0.3, 0.4) is 0 Å². The van der Waals surface area contributed by atoms with Crippen LogP contribution in [0.2, 0.25) is 0 Å². The van der Waals surface area contributed by atoms with Gasteiger partial charge in [-0.1, -0.05) is 26.8 Å². The average Bonchev–Trinajstić information content (AvgIpc) is 2.79. The van der Waals surface area contributed by atoms with Gasteiger partial charge in [0, 0.05) is 34.4 Å². The van der Waals surface area contributed by atoms with Crippen molar-refractivity contribution in [1.29, 1.82) is 0 Å². The fraction of sp³-hybridized carbons (Fsp3) is 0.586. The highest BCUT2D eigenvalue weighted by Crippen LogP contribution is 2.62.